The molecule has 0 N–H and O–H groups in total. The van der Waals surface area contributed by atoms with E-state index in [4.69, 9.17) is 16.3 Å². The summed E-state index contributed by atoms with van der Waals surface area (Å²) in [4.78, 5) is 28.8. The Hall–Kier alpha value is -2.99. The van der Waals surface area contributed by atoms with Crippen LogP contribution in [0, 0.1) is 0 Å². The molecular formula is C30H33ClN2O3. The largest absolute Gasteiger partial charge is 0.427 e. The van der Waals surface area contributed by atoms with Gasteiger partial charge in [0.2, 0.25) is 0 Å². The van der Waals surface area contributed by atoms with Crippen molar-refractivity contribution in [1.29, 1.82) is 0 Å². The predicted molar refractivity (Wildman–Crippen MR) is 144 cm³/mol. The fourth-order valence-corrected chi connectivity index (χ4v) is 5.30. The first kappa shape index (κ1) is 26.1. The number of piperazine rings is 1. The van der Waals surface area contributed by atoms with Crippen molar-refractivity contribution in [1.82, 2.24) is 9.80 Å². The van der Waals surface area contributed by atoms with Gasteiger partial charge < -0.3 is 4.74 Å². The molecule has 0 radical (unpaired) electrons. The molecule has 3 aromatic rings. The summed E-state index contributed by atoms with van der Waals surface area (Å²) in [6.45, 7) is 10.1. The minimum absolute atomic E-state index is 0.0389. The maximum absolute atomic E-state index is 12.2. The van der Waals surface area contributed by atoms with Crippen LogP contribution in [0.5, 0.6) is 5.75 Å². The maximum atomic E-state index is 12.2. The Kier molecular flexibility index (Phi) is 8.24. The van der Waals surface area contributed by atoms with Crippen LogP contribution in [0.1, 0.15) is 60.8 Å². The van der Waals surface area contributed by atoms with E-state index in [2.05, 4.69) is 41.8 Å². The molecule has 0 spiro atoms. The number of esters is 1. The molecule has 3 aromatic carbocycles. The van der Waals surface area contributed by atoms with Crippen molar-refractivity contribution < 1.29 is 14.3 Å². The van der Waals surface area contributed by atoms with Gasteiger partial charge in [0.15, 0.2) is 5.78 Å². The minimum Gasteiger partial charge on any atom is -0.427 e. The molecule has 1 saturated heterocycles. The zero-order valence-corrected chi connectivity index (χ0v) is 22.0. The normalized spacial score (nSPS) is 19.6. The standard InChI is InChI=1S/C30H33ClN2O3/c1-20-18-33(21(2)17-32(20)19-24-8-5-12-28(31)14-24)30(26-10-6-9-25(15-26)22(3)34)27-11-7-13-29(16-27)36-23(4)35/h5-16,20-21,30H,17-19H2,1-4H3/t20-,21+,30-/m1/s1. The summed E-state index contributed by atoms with van der Waals surface area (Å²) in [5.74, 6) is 0.212. The number of ether oxygens (including phenoxy) is 1. The monoisotopic (exact) mass is 504 g/mol. The molecule has 0 aromatic heterocycles. The molecule has 1 aliphatic rings. The van der Waals surface area contributed by atoms with E-state index in [-0.39, 0.29) is 23.8 Å². The third kappa shape index (κ3) is 6.22. The molecule has 0 saturated carbocycles. The lowest BCUT2D eigenvalue weighted by molar-refractivity contribution is -0.131. The van der Waals surface area contributed by atoms with Crippen LogP contribution in [-0.4, -0.2) is 46.7 Å². The summed E-state index contributed by atoms with van der Waals surface area (Å²) >= 11 is 6.23. The number of Topliss-reactive ketones (excluding diaryl/α,β-unsaturated/α-hetero) is 1. The molecular weight excluding hydrogens is 472 g/mol. The summed E-state index contributed by atoms with van der Waals surface area (Å²) in [5.41, 5.74) is 3.96. The topological polar surface area (TPSA) is 49.9 Å². The third-order valence-corrected chi connectivity index (χ3v) is 7.05. The van der Waals surface area contributed by atoms with Crippen molar-refractivity contribution in [2.45, 2.75) is 52.4 Å². The Balaban J connectivity index is 1.67. The summed E-state index contributed by atoms with van der Waals surface area (Å²) in [5, 5.41) is 0.755. The lowest BCUT2D eigenvalue weighted by Gasteiger charge is -2.47. The van der Waals surface area contributed by atoms with E-state index < -0.39 is 0 Å². The fourth-order valence-electron chi connectivity index (χ4n) is 5.09. The number of rotatable bonds is 7. The van der Waals surface area contributed by atoms with Crippen LogP contribution >= 0.6 is 11.6 Å². The highest BCUT2D eigenvalue weighted by atomic mass is 35.5. The minimum atomic E-state index is -0.348. The first-order chi connectivity index (χ1) is 17.2. The van der Waals surface area contributed by atoms with Crippen molar-refractivity contribution in [3.8, 4) is 5.75 Å². The molecule has 0 aliphatic carbocycles. The highest BCUT2D eigenvalue weighted by Crippen LogP contribution is 2.35. The van der Waals surface area contributed by atoms with Gasteiger partial charge in [0.05, 0.1) is 6.04 Å². The molecule has 6 heteroatoms. The SMILES string of the molecule is CC(=O)Oc1cccc([C@@H](c2cccc(C(C)=O)c2)N2C[C@@H](C)N(Cc3cccc(Cl)c3)C[C@@H]2C)c1. The number of hydrogen-bond donors (Lipinski definition) is 0. The second-order valence-corrected chi connectivity index (χ2v) is 10.1. The van der Waals surface area contributed by atoms with Gasteiger partial charge >= 0.3 is 5.97 Å². The van der Waals surface area contributed by atoms with Gasteiger partial charge in [-0.3, -0.25) is 19.4 Å². The van der Waals surface area contributed by atoms with Crippen molar-refractivity contribution in [2.75, 3.05) is 13.1 Å². The average molecular weight is 505 g/mol. The molecule has 36 heavy (non-hydrogen) atoms. The van der Waals surface area contributed by atoms with Gasteiger partial charge in [-0.25, -0.2) is 0 Å². The number of benzene rings is 3. The van der Waals surface area contributed by atoms with E-state index in [9.17, 15) is 9.59 Å². The van der Waals surface area contributed by atoms with Gasteiger partial charge in [0, 0.05) is 49.2 Å². The Bertz CT molecular complexity index is 1240. The maximum Gasteiger partial charge on any atom is 0.308 e. The van der Waals surface area contributed by atoms with Crippen LogP contribution in [-0.2, 0) is 11.3 Å². The Labute approximate surface area is 218 Å². The summed E-state index contributed by atoms with van der Waals surface area (Å²) < 4.78 is 5.40. The van der Waals surface area contributed by atoms with Crippen molar-refractivity contribution in [3.05, 3.63) is 100 Å². The number of nitrogens with zero attached hydrogens (tertiary/aromatic N) is 2. The number of carbonyl (C=O) groups is 2. The molecule has 0 bridgehead atoms. The zero-order valence-electron chi connectivity index (χ0n) is 21.3. The zero-order chi connectivity index (χ0) is 25.8. The quantitative estimate of drug-likeness (QED) is 0.219. The van der Waals surface area contributed by atoms with Crippen LogP contribution in [0.3, 0.4) is 0 Å². The predicted octanol–water partition coefficient (Wildman–Crippen LogP) is 6.15. The highest BCUT2D eigenvalue weighted by Gasteiger charge is 2.35. The molecule has 4 rings (SSSR count). The van der Waals surface area contributed by atoms with E-state index in [1.807, 2.05) is 48.5 Å². The summed E-state index contributed by atoms with van der Waals surface area (Å²) in [7, 11) is 0. The molecule has 5 nitrogen and oxygen atoms in total. The fraction of sp³-hybridized carbons (Fsp3) is 0.333. The van der Waals surface area contributed by atoms with Gasteiger partial charge in [-0.05, 0) is 67.8 Å². The first-order valence-electron chi connectivity index (χ1n) is 12.3. The molecule has 3 atom stereocenters. The Morgan fingerprint density at radius 1 is 0.917 bits per heavy atom. The average Bonchev–Trinajstić information content (AvgIpc) is 2.82. The van der Waals surface area contributed by atoms with E-state index in [0.717, 1.165) is 35.8 Å². The Morgan fingerprint density at radius 3 is 2.31 bits per heavy atom. The van der Waals surface area contributed by atoms with E-state index in [0.29, 0.717) is 17.4 Å². The van der Waals surface area contributed by atoms with E-state index in [1.54, 1.807) is 13.0 Å². The van der Waals surface area contributed by atoms with Crippen LogP contribution in [0.25, 0.3) is 0 Å². The van der Waals surface area contributed by atoms with Crippen molar-refractivity contribution in [2.24, 2.45) is 0 Å². The lowest BCUT2D eigenvalue weighted by atomic mass is 9.92. The molecule has 0 unspecified atom stereocenters. The summed E-state index contributed by atoms with van der Waals surface area (Å²) in [6.07, 6.45) is 0. The van der Waals surface area contributed by atoms with Gasteiger partial charge in [-0.1, -0.05) is 54.1 Å². The molecule has 1 fully saturated rings. The number of hydrogen-bond acceptors (Lipinski definition) is 5. The summed E-state index contributed by atoms with van der Waals surface area (Å²) in [6, 6.07) is 24.1. The van der Waals surface area contributed by atoms with E-state index in [1.165, 1.54) is 12.5 Å². The van der Waals surface area contributed by atoms with Gasteiger partial charge in [0.1, 0.15) is 5.75 Å². The van der Waals surface area contributed by atoms with Crippen LogP contribution in [0.2, 0.25) is 5.02 Å². The van der Waals surface area contributed by atoms with Crippen molar-refractivity contribution in [3.63, 3.8) is 0 Å². The second kappa shape index (κ2) is 11.4. The van der Waals surface area contributed by atoms with Gasteiger partial charge in [-0.2, -0.15) is 0 Å². The van der Waals surface area contributed by atoms with Gasteiger partial charge in [-0.15, -0.1) is 0 Å². The van der Waals surface area contributed by atoms with E-state index >= 15 is 0 Å². The number of carbonyl (C=O) groups excluding carboxylic acids is 2. The number of halogens is 1. The van der Waals surface area contributed by atoms with Crippen LogP contribution < -0.4 is 4.74 Å². The number of ketones is 1. The van der Waals surface area contributed by atoms with Crippen LogP contribution in [0.4, 0.5) is 0 Å². The molecule has 0 amide bonds. The third-order valence-electron chi connectivity index (χ3n) is 6.81. The second-order valence-electron chi connectivity index (χ2n) is 9.70. The highest BCUT2D eigenvalue weighted by molar-refractivity contribution is 6.30. The van der Waals surface area contributed by atoms with Gasteiger partial charge in [0.25, 0.3) is 0 Å². The molecule has 188 valence electrons. The first-order valence-corrected chi connectivity index (χ1v) is 12.7. The Morgan fingerprint density at radius 2 is 1.61 bits per heavy atom. The van der Waals surface area contributed by atoms with Crippen LogP contribution in [0.15, 0.2) is 72.8 Å². The lowest BCUT2D eigenvalue weighted by Crippen LogP contribution is -2.56. The van der Waals surface area contributed by atoms with Crippen molar-refractivity contribution >= 4 is 23.4 Å². The smallest absolute Gasteiger partial charge is 0.308 e. The molecule has 1 heterocycles. The molecule has 1 aliphatic heterocycles.